The summed E-state index contributed by atoms with van der Waals surface area (Å²) in [6, 6.07) is 8.78. The topological polar surface area (TPSA) is 91.0 Å². The molecule has 1 saturated heterocycles. The number of nitriles is 1. The zero-order chi connectivity index (χ0) is 25.7. The lowest BCUT2D eigenvalue weighted by Crippen LogP contribution is -2.42. The third-order valence-electron chi connectivity index (χ3n) is 9.08. The minimum absolute atomic E-state index is 0.258. The van der Waals surface area contributed by atoms with Crippen LogP contribution in [0.2, 0.25) is 0 Å². The van der Waals surface area contributed by atoms with E-state index in [1.807, 2.05) is 14.0 Å². The Morgan fingerprint density at radius 3 is 2.65 bits per heavy atom. The lowest BCUT2D eigenvalue weighted by atomic mass is 9.85. The van der Waals surface area contributed by atoms with Gasteiger partial charge in [-0.25, -0.2) is 4.98 Å². The Kier molecular flexibility index (Phi) is 5.98. The number of nitrogens with one attached hydrogen (secondary N) is 1. The summed E-state index contributed by atoms with van der Waals surface area (Å²) in [4.78, 5) is 33.0. The van der Waals surface area contributed by atoms with Crippen molar-refractivity contribution in [2.24, 2.45) is 24.8 Å². The molecule has 3 aliphatic rings. The molecule has 0 spiro atoms. The Morgan fingerprint density at radius 2 is 1.95 bits per heavy atom. The largest absolute Gasteiger partial charge is 0.342 e. The van der Waals surface area contributed by atoms with Crippen molar-refractivity contribution < 1.29 is 9.59 Å². The van der Waals surface area contributed by atoms with E-state index in [4.69, 9.17) is 5.26 Å². The molecule has 3 aromatic rings. The van der Waals surface area contributed by atoms with Gasteiger partial charge < -0.3 is 14.8 Å². The van der Waals surface area contributed by atoms with E-state index in [0.717, 1.165) is 54.9 Å². The van der Waals surface area contributed by atoms with Crippen LogP contribution in [0.1, 0.15) is 71.5 Å². The molecule has 6 rings (SSSR count). The summed E-state index contributed by atoms with van der Waals surface area (Å²) in [7, 11) is 2.01. The zero-order valence-corrected chi connectivity index (χ0v) is 21.5. The number of anilines is 1. The minimum Gasteiger partial charge on any atom is -0.342 e. The molecular weight excluding hydrogens is 462 g/mol. The number of benzene rings is 1. The van der Waals surface area contributed by atoms with Gasteiger partial charge in [0.25, 0.3) is 5.91 Å². The SMILES string of the molecule is Cc1c(NC(=O)c2cccc(C#N)c2)cnc2c1c(C1CCN(C(=O)[C@H]3C[C@@H]4CC[C@@H]3C4)CC1)cn2C. The Bertz CT molecular complexity index is 1430. The number of aryl methyl sites for hydroxylation is 2. The van der Waals surface area contributed by atoms with Crippen LogP contribution < -0.4 is 5.32 Å². The number of likely N-dealkylation sites (tertiary alicyclic amines) is 1. The van der Waals surface area contributed by atoms with Crippen LogP contribution in [-0.4, -0.2) is 39.4 Å². The summed E-state index contributed by atoms with van der Waals surface area (Å²) in [6.07, 6.45) is 10.7. The maximum absolute atomic E-state index is 13.3. The first-order chi connectivity index (χ1) is 17.9. The average Bonchev–Trinajstić information content (AvgIpc) is 3.65. The van der Waals surface area contributed by atoms with Crippen molar-refractivity contribution in [3.8, 4) is 6.07 Å². The molecule has 7 nitrogen and oxygen atoms in total. The highest BCUT2D eigenvalue weighted by Crippen LogP contribution is 2.49. The molecule has 2 aliphatic carbocycles. The van der Waals surface area contributed by atoms with Crippen LogP contribution in [0.25, 0.3) is 11.0 Å². The number of nitrogens with zero attached hydrogens (tertiary/aromatic N) is 4. The van der Waals surface area contributed by atoms with E-state index in [1.54, 1.807) is 30.5 Å². The number of hydrogen-bond acceptors (Lipinski definition) is 4. The average molecular weight is 496 g/mol. The molecule has 3 fully saturated rings. The van der Waals surface area contributed by atoms with Gasteiger partial charge in [-0.3, -0.25) is 9.59 Å². The quantitative estimate of drug-likeness (QED) is 0.542. The van der Waals surface area contributed by atoms with Gasteiger partial charge in [-0.2, -0.15) is 5.26 Å². The number of amides is 2. The van der Waals surface area contributed by atoms with E-state index in [9.17, 15) is 9.59 Å². The molecule has 1 N–H and O–H groups in total. The second kappa shape index (κ2) is 9.33. The number of pyridine rings is 1. The van der Waals surface area contributed by atoms with Crippen molar-refractivity contribution in [1.82, 2.24) is 14.5 Å². The third-order valence-corrected chi connectivity index (χ3v) is 9.08. The molecule has 2 bridgehead atoms. The summed E-state index contributed by atoms with van der Waals surface area (Å²) in [5.41, 5.74) is 4.71. The molecular formula is C30H33N5O2. The Hall–Kier alpha value is -3.66. The molecule has 2 amide bonds. The molecule has 3 atom stereocenters. The molecule has 2 aromatic heterocycles. The highest BCUT2D eigenvalue weighted by molar-refractivity contribution is 6.06. The predicted octanol–water partition coefficient (Wildman–Crippen LogP) is 5.15. The van der Waals surface area contributed by atoms with Crippen LogP contribution >= 0.6 is 0 Å². The van der Waals surface area contributed by atoms with Crippen molar-refractivity contribution in [1.29, 1.82) is 5.26 Å². The van der Waals surface area contributed by atoms with Crippen LogP contribution in [0.15, 0.2) is 36.7 Å². The fourth-order valence-corrected chi connectivity index (χ4v) is 7.09. The third kappa shape index (κ3) is 4.19. The molecule has 7 heteroatoms. The number of carbonyl (C=O) groups is 2. The first-order valence-electron chi connectivity index (χ1n) is 13.5. The maximum atomic E-state index is 13.3. The van der Waals surface area contributed by atoms with Crippen molar-refractivity contribution in [2.45, 2.75) is 51.4 Å². The van der Waals surface area contributed by atoms with Gasteiger partial charge in [0, 0.05) is 43.2 Å². The number of carbonyl (C=O) groups excluding carboxylic acids is 2. The summed E-state index contributed by atoms with van der Waals surface area (Å²) >= 11 is 0. The summed E-state index contributed by atoms with van der Waals surface area (Å²) < 4.78 is 2.06. The molecule has 190 valence electrons. The van der Waals surface area contributed by atoms with Gasteiger partial charge in [0.2, 0.25) is 5.91 Å². The highest BCUT2D eigenvalue weighted by atomic mass is 16.2. The van der Waals surface area contributed by atoms with Crippen LogP contribution in [0, 0.1) is 36.0 Å². The van der Waals surface area contributed by atoms with E-state index in [0.29, 0.717) is 34.6 Å². The van der Waals surface area contributed by atoms with E-state index in [1.165, 1.54) is 24.8 Å². The second-order valence-electron chi connectivity index (χ2n) is 11.2. The minimum atomic E-state index is -0.258. The Balaban J connectivity index is 1.21. The van der Waals surface area contributed by atoms with Gasteiger partial charge in [-0.1, -0.05) is 12.5 Å². The number of piperidine rings is 1. The number of fused-ring (bicyclic) bond motifs is 3. The fourth-order valence-electron chi connectivity index (χ4n) is 7.09. The summed E-state index contributed by atoms with van der Waals surface area (Å²) in [6.45, 7) is 3.65. The smallest absolute Gasteiger partial charge is 0.255 e. The van der Waals surface area contributed by atoms with Crippen LogP contribution in [0.5, 0.6) is 0 Å². The highest BCUT2D eigenvalue weighted by Gasteiger charge is 2.44. The first kappa shape index (κ1) is 23.7. The van der Waals surface area contributed by atoms with E-state index >= 15 is 0 Å². The lowest BCUT2D eigenvalue weighted by Gasteiger charge is -2.35. The van der Waals surface area contributed by atoms with E-state index < -0.39 is 0 Å². The summed E-state index contributed by atoms with van der Waals surface area (Å²) in [5.74, 6) is 2.16. The van der Waals surface area contributed by atoms with Crippen molar-refractivity contribution in [3.63, 3.8) is 0 Å². The standard InChI is InChI=1S/C30H33N5O2/c1-18-26(33-29(36)23-5-3-4-20(13-23)15-31)16-32-28-27(18)25(17-34(28)2)21-8-10-35(11-9-21)30(37)24-14-19-6-7-22(24)12-19/h3-5,13,16-17,19,21-22,24H,6-12,14H2,1-2H3,(H,33,36)/t19-,22-,24+/m1/s1. The van der Waals surface area contributed by atoms with Crippen LogP contribution in [0.4, 0.5) is 5.69 Å². The number of hydrogen-bond donors (Lipinski definition) is 1. The van der Waals surface area contributed by atoms with Crippen molar-refractivity contribution in [2.75, 3.05) is 18.4 Å². The fraction of sp³-hybridized carbons (Fsp3) is 0.467. The molecule has 1 aromatic carbocycles. The molecule has 3 heterocycles. The van der Waals surface area contributed by atoms with Gasteiger partial charge in [0.1, 0.15) is 5.65 Å². The van der Waals surface area contributed by atoms with Crippen molar-refractivity contribution >= 4 is 28.5 Å². The van der Waals surface area contributed by atoms with E-state index in [-0.39, 0.29) is 11.8 Å². The Morgan fingerprint density at radius 1 is 1.14 bits per heavy atom. The summed E-state index contributed by atoms with van der Waals surface area (Å²) in [5, 5.41) is 13.3. The number of aromatic nitrogens is 2. The molecule has 0 radical (unpaired) electrons. The molecule has 37 heavy (non-hydrogen) atoms. The van der Waals surface area contributed by atoms with Crippen LogP contribution in [0.3, 0.4) is 0 Å². The molecule has 0 unspecified atom stereocenters. The monoisotopic (exact) mass is 495 g/mol. The van der Waals surface area contributed by atoms with Gasteiger partial charge in [-0.15, -0.1) is 0 Å². The molecule has 1 aliphatic heterocycles. The van der Waals surface area contributed by atoms with E-state index in [2.05, 4.69) is 32.0 Å². The second-order valence-corrected chi connectivity index (χ2v) is 11.2. The predicted molar refractivity (Wildman–Crippen MR) is 142 cm³/mol. The lowest BCUT2D eigenvalue weighted by molar-refractivity contribution is -0.138. The van der Waals surface area contributed by atoms with Crippen molar-refractivity contribution in [3.05, 3.63) is 58.9 Å². The molecule has 2 saturated carbocycles. The van der Waals surface area contributed by atoms with Gasteiger partial charge >= 0.3 is 0 Å². The Labute approximate surface area is 217 Å². The van der Waals surface area contributed by atoms with Gasteiger partial charge in [-0.05, 0) is 86.1 Å². The normalized spacial score (nSPS) is 23.4. The zero-order valence-electron chi connectivity index (χ0n) is 21.5. The maximum Gasteiger partial charge on any atom is 0.255 e. The van der Waals surface area contributed by atoms with Gasteiger partial charge in [0.05, 0.1) is 23.5 Å². The van der Waals surface area contributed by atoms with Gasteiger partial charge in [0.15, 0.2) is 0 Å². The van der Waals surface area contributed by atoms with Crippen LogP contribution in [-0.2, 0) is 11.8 Å². The first-order valence-corrected chi connectivity index (χ1v) is 13.5. The number of rotatable bonds is 4.